The van der Waals surface area contributed by atoms with Crippen LogP contribution in [0.5, 0.6) is 0 Å². The third-order valence-corrected chi connectivity index (χ3v) is 10.2. The molecular weight excluding hydrogens is 557 g/mol. The van der Waals surface area contributed by atoms with Crippen molar-refractivity contribution in [3.05, 3.63) is 52.9 Å². The van der Waals surface area contributed by atoms with Gasteiger partial charge in [0.1, 0.15) is 17.1 Å². The predicted molar refractivity (Wildman–Crippen MR) is 153 cm³/mol. The summed E-state index contributed by atoms with van der Waals surface area (Å²) in [6, 6.07) is 3.08. The first-order valence-electron chi connectivity index (χ1n) is 12.8. The number of pyridine rings is 1. The van der Waals surface area contributed by atoms with Crippen LogP contribution in [-0.4, -0.2) is 62.7 Å². The normalized spacial score (nSPS) is 21.8. The minimum Gasteiger partial charge on any atom is -0.477 e. The van der Waals surface area contributed by atoms with E-state index in [1.54, 1.807) is 10.1 Å². The standard InChI is InChI=1S/C26H30N6O4S3/c1-28-31-9-7-17(8-10-31)37-12-16-13-38-24-20(23(34)32(24)21(16)25(35)36)30-22(33)18(19-14-39-26(27)29-19)11-15-5-3-2-4-6-15/h7-11,14-15,20,24,28H,2-6,12-13H2,1H3,(H3-,27,29,30,33,35,36)/p+1/b18-11-/t20-,24-/m1/s1. The smallest absolute Gasteiger partial charge is 0.352 e. The number of rotatable bonds is 9. The van der Waals surface area contributed by atoms with E-state index in [9.17, 15) is 19.5 Å². The van der Waals surface area contributed by atoms with Crippen LogP contribution in [0.1, 0.15) is 37.8 Å². The number of amides is 2. The lowest BCUT2D eigenvalue weighted by molar-refractivity contribution is -0.647. The van der Waals surface area contributed by atoms with Gasteiger partial charge in [0.25, 0.3) is 11.8 Å². The Bertz CT molecular complexity index is 1320. The summed E-state index contributed by atoms with van der Waals surface area (Å²) in [6.45, 7) is 0. The number of fused-ring (bicyclic) bond motifs is 1. The molecule has 0 bridgehead atoms. The Morgan fingerprint density at radius 3 is 2.67 bits per heavy atom. The van der Waals surface area contributed by atoms with E-state index in [1.807, 2.05) is 37.7 Å². The number of thiazole rings is 1. The fourth-order valence-corrected chi connectivity index (χ4v) is 8.00. The summed E-state index contributed by atoms with van der Waals surface area (Å²) < 4.78 is 1.80. The Morgan fingerprint density at radius 2 is 2.03 bits per heavy atom. The average molecular weight is 588 g/mol. The van der Waals surface area contributed by atoms with E-state index in [1.165, 1.54) is 46.2 Å². The molecular formula is C26H31N6O4S3+. The third kappa shape index (κ3) is 5.94. The van der Waals surface area contributed by atoms with E-state index in [0.29, 0.717) is 33.5 Å². The summed E-state index contributed by atoms with van der Waals surface area (Å²) >= 11 is 4.26. The fourth-order valence-electron chi connectivity index (χ4n) is 5.07. The molecule has 2 amide bonds. The molecule has 39 heavy (non-hydrogen) atoms. The molecule has 2 aromatic rings. The van der Waals surface area contributed by atoms with E-state index in [4.69, 9.17) is 5.73 Å². The lowest BCUT2D eigenvalue weighted by Crippen LogP contribution is -2.70. The molecule has 2 aromatic heterocycles. The first-order chi connectivity index (χ1) is 18.9. The van der Waals surface area contributed by atoms with Crippen LogP contribution in [0.2, 0.25) is 0 Å². The maximum Gasteiger partial charge on any atom is 0.352 e. The van der Waals surface area contributed by atoms with Crippen molar-refractivity contribution in [1.29, 1.82) is 0 Å². The SMILES string of the molecule is CN[n+]1ccc(SCC2=C(C(=O)O)N3C(=O)[C@@H](NC(=O)/C(=C\C4CCCCC4)c4csc(N)n4)[C@H]3SC2)cc1. The minimum atomic E-state index is -1.13. The highest BCUT2D eigenvalue weighted by atomic mass is 32.2. The largest absolute Gasteiger partial charge is 0.477 e. The highest BCUT2D eigenvalue weighted by Crippen LogP contribution is 2.42. The summed E-state index contributed by atoms with van der Waals surface area (Å²) in [5, 5.41) is 14.6. The Labute approximate surface area is 239 Å². The highest BCUT2D eigenvalue weighted by Gasteiger charge is 2.54. The Kier molecular flexibility index (Phi) is 8.48. The van der Waals surface area contributed by atoms with E-state index in [-0.39, 0.29) is 17.5 Å². The van der Waals surface area contributed by atoms with Crippen molar-refractivity contribution in [1.82, 2.24) is 15.2 Å². The summed E-state index contributed by atoms with van der Waals surface area (Å²) in [7, 11) is 1.81. The van der Waals surface area contributed by atoms with Crippen molar-refractivity contribution < 1.29 is 24.2 Å². The van der Waals surface area contributed by atoms with Gasteiger partial charge in [0.05, 0.1) is 18.3 Å². The molecule has 2 aliphatic heterocycles. The zero-order chi connectivity index (χ0) is 27.5. The molecule has 2 fully saturated rings. The van der Waals surface area contributed by atoms with Crippen LogP contribution in [0.3, 0.4) is 0 Å². The molecule has 5 N–H and O–H groups in total. The topological polar surface area (TPSA) is 142 Å². The number of allylic oxidation sites excluding steroid dienone is 1. The van der Waals surface area contributed by atoms with Crippen LogP contribution < -0.4 is 21.2 Å². The van der Waals surface area contributed by atoms with Crippen molar-refractivity contribution >= 4 is 63.3 Å². The van der Waals surface area contributed by atoms with Crippen molar-refractivity contribution in [3.8, 4) is 0 Å². The number of hydrogen-bond donors (Lipinski definition) is 4. The maximum absolute atomic E-state index is 13.5. The first kappa shape index (κ1) is 27.5. The molecule has 1 saturated carbocycles. The number of carboxylic acids is 1. The van der Waals surface area contributed by atoms with Gasteiger partial charge in [-0.3, -0.25) is 14.5 Å². The number of nitrogens with two attached hydrogens (primary N) is 1. The number of carbonyl (C=O) groups excluding carboxylic acids is 2. The van der Waals surface area contributed by atoms with Crippen molar-refractivity contribution in [2.75, 3.05) is 29.7 Å². The van der Waals surface area contributed by atoms with Crippen molar-refractivity contribution in [2.45, 2.75) is 48.4 Å². The van der Waals surface area contributed by atoms with Crippen molar-refractivity contribution in [3.63, 3.8) is 0 Å². The van der Waals surface area contributed by atoms with Gasteiger partial charge in [-0.1, -0.05) is 30.0 Å². The Hall–Kier alpha value is -3.03. The van der Waals surface area contributed by atoms with E-state index in [2.05, 4.69) is 15.7 Å². The predicted octanol–water partition coefficient (Wildman–Crippen LogP) is 2.68. The lowest BCUT2D eigenvalue weighted by Gasteiger charge is -2.49. The zero-order valence-electron chi connectivity index (χ0n) is 21.5. The number of hydrogen-bond acceptors (Lipinski definition) is 9. The number of β-lactam (4-membered cyclic amide) rings is 1. The quantitative estimate of drug-likeness (QED) is 0.151. The molecule has 3 aliphatic rings. The van der Waals surface area contributed by atoms with Gasteiger partial charge in [0.2, 0.25) is 12.4 Å². The maximum atomic E-state index is 13.5. The third-order valence-electron chi connectivity index (χ3n) is 7.10. The average Bonchev–Trinajstić information content (AvgIpc) is 3.39. The van der Waals surface area contributed by atoms with Crippen LogP contribution in [0, 0.1) is 5.92 Å². The Morgan fingerprint density at radius 1 is 1.28 bits per heavy atom. The lowest BCUT2D eigenvalue weighted by atomic mass is 9.87. The molecule has 1 aliphatic carbocycles. The number of thioether (sulfide) groups is 2. The molecule has 0 radical (unpaired) electrons. The van der Waals surface area contributed by atoms with Gasteiger partial charge in [-0.05, 0) is 24.3 Å². The van der Waals surface area contributed by atoms with Crippen LogP contribution in [0.25, 0.3) is 5.57 Å². The number of nitrogens with one attached hydrogen (secondary N) is 2. The second kappa shape index (κ2) is 12.0. The second-order valence-corrected chi connectivity index (χ2v) is 12.7. The van der Waals surface area contributed by atoms with Gasteiger partial charge in [0, 0.05) is 33.9 Å². The highest BCUT2D eigenvalue weighted by molar-refractivity contribution is 8.01. The molecule has 206 valence electrons. The molecule has 0 aromatic carbocycles. The molecule has 1 saturated heterocycles. The van der Waals surface area contributed by atoms with Crippen LogP contribution in [0.4, 0.5) is 5.13 Å². The van der Waals surface area contributed by atoms with Gasteiger partial charge >= 0.3 is 5.97 Å². The summed E-state index contributed by atoms with van der Waals surface area (Å²) in [4.78, 5) is 45.6. The number of carboxylic acid groups (broad SMARTS) is 1. The summed E-state index contributed by atoms with van der Waals surface area (Å²) in [5.41, 5.74) is 10.5. The van der Waals surface area contributed by atoms with Gasteiger partial charge in [-0.2, -0.15) is 5.43 Å². The van der Waals surface area contributed by atoms with E-state index >= 15 is 0 Å². The Balaban J connectivity index is 1.30. The van der Waals surface area contributed by atoms with Crippen LogP contribution in [0.15, 0.2) is 52.1 Å². The van der Waals surface area contributed by atoms with Crippen molar-refractivity contribution in [2.24, 2.45) is 5.92 Å². The molecule has 4 heterocycles. The molecule has 5 rings (SSSR count). The first-order valence-corrected chi connectivity index (χ1v) is 15.7. The van der Waals surface area contributed by atoms with Crippen LogP contribution in [-0.2, 0) is 14.4 Å². The van der Waals surface area contributed by atoms with Gasteiger partial charge < -0.3 is 16.2 Å². The zero-order valence-corrected chi connectivity index (χ0v) is 23.9. The monoisotopic (exact) mass is 587 g/mol. The number of carbonyl (C=O) groups is 3. The van der Waals surface area contributed by atoms with Gasteiger partial charge in [-0.15, -0.1) is 34.9 Å². The number of nitrogens with zero attached hydrogens (tertiary/aromatic N) is 3. The molecule has 0 unspecified atom stereocenters. The molecule has 2 atom stereocenters. The second-order valence-electron chi connectivity index (χ2n) is 9.62. The fraction of sp³-hybridized carbons (Fsp3) is 0.423. The van der Waals surface area contributed by atoms with Crippen LogP contribution >= 0.6 is 34.9 Å². The number of aliphatic carboxylic acids is 1. The summed E-state index contributed by atoms with van der Waals surface area (Å²) in [5.74, 6) is -0.738. The molecule has 13 heteroatoms. The number of nitrogen functional groups attached to an aromatic ring is 1. The molecule has 10 nitrogen and oxygen atoms in total. The van der Waals surface area contributed by atoms with E-state index in [0.717, 1.165) is 30.6 Å². The van der Waals surface area contributed by atoms with E-state index < -0.39 is 23.3 Å². The number of anilines is 1. The minimum absolute atomic E-state index is 0.0215. The summed E-state index contributed by atoms with van der Waals surface area (Å²) in [6.07, 6.45) is 11.2. The number of aromatic nitrogens is 2. The van der Waals surface area contributed by atoms with Gasteiger partial charge in [0.15, 0.2) is 5.13 Å². The molecule has 0 spiro atoms. The van der Waals surface area contributed by atoms with Gasteiger partial charge in [-0.25, -0.2) is 9.78 Å².